The molecule has 2 aromatic rings. The molecule has 8 heteroatoms. The lowest BCUT2D eigenvalue weighted by atomic mass is 10.2. The van der Waals surface area contributed by atoms with Crippen LogP contribution in [0.2, 0.25) is 0 Å². The van der Waals surface area contributed by atoms with Gasteiger partial charge in [-0.3, -0.25) is 10.1 Å². The fraction of sp³-hybridized carbons (Fsp3) is 0.278. The van der Waals surface area contributed by atoms with Crippen molar-refractivity contribution in [3.05, 3.63) is 64.2 Å². The first kappa shape index (κ1) is 19.2. The van der Waals surface area contributed by atoms with Crippen molar-refractivity contribution in [3.8, 4) is 11.5 Å². The van der Waals surface area contributed by atoms with E-state index in [1.54, 1.807) is 31.2 Å². The zero-order valence-electron chi connectivity index (χ0n) is 14.2. The monoisotopic (exact) mass is 361 g/mol. The SMILES string of the molecule is CC(Oc1ccc(O)cc1)C(=O)OCCOCc1cccc([N+](=O)[O-])c1. The van der Waals surface area contributed by atoms with Gasteiger partial charge in [-0.25, -0.2) is 4.79 Å². The molecule has 138 valence electrons. The Balaban J connectivity index is 1.67. The van der Waals surface area contributed by atoms with Gasteiger partial charge in [-0.05, 0) is 36.8 Å². The van der Waals surface area contributed by atoms with E-state index in [0.29, 0.717) is 11.3 Å². The summed E-state index contributed by atoms with van der Waals surface area (Å²) in [6, 6.07) is 12.1. The Bertz CT molecular complexity index is 745. The third-order valence-corrected chi connectivity index (χ3v) is 3.34. The Morgan fingerprint density at radius 3 is 2.62 bits per heavy atom. The molecular formula is C18H19NO7. The van der Waals surface area contributed by atoms with E-state index in [4.69, 9.17) is 14.2 Å². The first-order chi connectivity index (χ1) is 12.5. The van der Waals surface area contributed by atoms with Gasteiger partial charge in [0.2, 0.25) is 0 Å². The number of nitro benzene ring substituents is 1. The van der Waals surface area contributed by atoms with Crippen LogP contribution in [-0.2, 0) is 20.9 Å². The molecule has 0 saturated carbocycles. The first-order valence-electron chi connectivity index (χ1n) is 7.89. The zero-order chi connectivity index (χ0) is 18.9. The Morgan fingerprint density at radius 2 is 1.92 bits per heavy atom. The summed E-state index contributed by atoms with van der Waals surface area (Å²) < 4.78 is 15.8. The number of phenols is 1. The van der Waals surface area contributed by atoms with Gasteiger partial charge in [0.05, 0.1) is 18.1 Å². The number of aromatic hydroxyl groups is 1. The number of rotatable bonds is 9. The van der Waals surface area contributed by atoms with Crippen molar-refractivity contribution in [1.29, 1.82) is 0 Å². The van der Waals surface area contributed by atoms with Gasteiger partial charge in [0.25, 0.3) is 5.69 Å². The molecule has 1 unspecified atom stereocenters. The van der Waals surface area contributed by atoms with E-state index < -0.39 is 17.0 Å². The number of non-ortho nitro benzene ring substituents is 1. The lowest BCUT2D eigenvalue weighted by Crippen LogP contribution is -2.27. The lowest BCUT2D eigenvalue weighted by Gasteiger charge is -2.14. The molecule has 0 heterocycles. The summed E-state index contributed by atoms with van der Waals surface area (Å²) in [6.45, 7) is 1.93. The molecule has 26 heavy (non-hydrogen) atoms. The van der Waals surface area contributed by atoms with Crippen molar-refractivity contribution in [3.63, 3.8) is 0 Å². The van der Waals surface area contributed by atoms with Crippen molar-refractivity contribution in [2.24, 2.45) is 0 Å². The average molecular weight is 361 g/mol. The second-order valence-electron chi connectivity index (χ2n) is 5.40. The Hall–Kier alpha value is -3.13. The Kier molecular flexibility index (Phi) is 6.92. The molecule has 1 atom stereocenters. The molecule has 0 fully saturated rings. The highest BCUT2D eigenvalue weighted by molar-refractivity contribution is 5.74. The van der Waals surface area contributed by atoms with Gasteiger partial charge in [-0.1, -0.05) is 12.1 Å². The number of ether oxygens (including phenoxy) is 3. The molecule has 0 aromatic heterocycles. The van der Waals surface area contributed by atoms with Crippen LogP contribution < -0.4 is 4.74 Å². The largest absolute Gasteiger partial charge is 0.508 e. The summed E-state index contributed by atoms with van der Waals surface area (Å²) in [5.74, 6) is -0.000303. The van der Waals surface area contributed by atoms with E-state index in [2.05, 4.69) is 0 Å². The molecule has 0 aliphatic heterocycles. The number of phenolic OH excluding ortho intramolecular Hbond substituents is 1. The minimum Gasteiger partial charge on any atom is -0.508 e. The maximum atomic E-state index is 11.8. The van der Waals surface area contributed by atoms with Crippen LogP contribution in [-0.4, -0.2) is 35.3 Å². The number of carbonyl (C=O) groups excluding carboxylic acids is 1. The van der Waals surface area contributed by atoms with Crippen LogP contribution in [0.15, 0.2) is 48.5 Å². The Morgan fingerprint density at radius 1 is 1.19 bits per heavy atom. The second-order valence-corrected chi connectivity index (χ2v) is 5.40. The van der Waals surface area contributed by atoms with Gasteiger partial charge in [0.15, 0.2) is 6.10 Å². The standard InChI is InChI=1S/C18H19NO7/c1-13(26-17-7-5-16(20)6-8-17)18(21)25-10-9-24-12-14-3-2-4-15(11-14)19(22)23/h2-8,11,13,20H,9-10,12H2,1H3. The molecule has 2 rings (SSSR count). The van der Waals surface area contributed by atoms with Crippen molar-refractivity contribution < 1.29 is 29.0 Å². The van der Waals surface area contributed by atoms with Gasteiger partial charge in [-0.2, -0.15) is 0 Å². The summed E-state index contributed by atoms with van der Waals surface area (Å²) in [7, 11) is 0. The van der Waals surface area contributed by atoms with Gasteiger partial charge < -0.3 is 19.3 Å². The molecule has 2 aromatic carbocycles. The predicted molar refractivity (Wildman–Crippen MR) is 91.9 cm³/mol. The summed E-state index contributed by atoms with van der Waals surface area (Å²) in [4.78, 5) is 22.1. The number of hydrogen-bond acceptors (Lipinski definition) is 7. The maximum absolute atomic E-state index is 11.8. The molecule has 0 saturated heterocycles. The van der Waals surface area contributed by atoms with E-state index in [1.165, 1.54) is 24.3 Å². The van der Waals surface area contributed by atoms with Crippen LogP contribution in [0.3, 0.4) is 0 Å². The molecule has 0 amide bonds. The second kappa shape index (κ2) is 9.38. The fourth-order valence-corrected chi connectivity index (χ4v) is 2.05. The van der Waals surface area contributed by atoms with E-state index in [9.17, 15) is 20.0 Å². The number of hydrogen-bond donors (Lipinski definition) is 1. The molecule has 0 aliphatic rings. The summed E-state index contributed by atoms with van der Waals surface area (Å²) in [6.07, 6.45) is -0.809. The molecule has 0 spiro atoms. The smallest absolute Gasteiger partial charge is 0.347 e. The van der Waals surface area contributed by atoms with Crippen LogP contribution in [0.5, 0.6) is 11.5 Å². The van der Waals surface area contributed by atoms with Crippen LogP contribution in [0.1, 0.15) is 12.5 Å². The number of nitrogens with zero attached hydrogens (tertiary/aromatic N) is 1. The summed E-state index contributed by atoms with van der Waals surface area (Å²) in [5.41, 5.74) is 0.660. The minimum absolute atomic E-state index is 0.00210. The predicted octanol–water partition coefficient (Wildman–Crippen LogP) is 2.83. The normalized spacial score (nSPS) is 11.6. The lowest BCUT2D eigenvalue weighted by molar-refractivity contribution is -0.384. The van der Waals surface area contributed by atoms with E-state index in [-0.39, 0.29) is 31.3 Å². The maximum Gasteiger partial charge on any atom is 0.347 e. The Labute approximate surface area is 150 Å². The highest BCUT2D eigenvalue weighted by atomic mass is 16.6. The number of nitro groups is 1. The fourth-order valence-electron chi connectivity index (χ4n) is 2.05. The van der Waals surface area contributed by atoms with E-state index >= 15 is 0 Å². The summed E-state index contributed by atoms with van der Waals surface area (Å²) in [5, 5.41) is 19.9. The van der Waals surface area contributed by atoms with Gasteiger partial charge in [-0.15, -0.1) is 0 Å². The molecule has 0 aliphatic carbocycles. The highest BCUT2D eigenvalue weighted by Gasteiger charge is 2.16. The van der Waals surface area contributed by atoms with Crippen LogP contribution >= 0.6 is 0 Å². The van der Waals surface area contributed by atoms with E-state index in [0.717, 1.165) is 0 Å². The molecule has 1 N–H and O–H groups in total. The van der Waals surface area contributed by atoms with Crippen LogP contribution in [0, 0.1) is 10.1 Å². The van der Waals surface area contributed by atoms with Gasteiger partial charge in [0.1, 0.15) is 18.1 Å². The topological polar surface area (TPSA) is 108 Å². The van der Waals surface area contributed by atoms with Crippen molar-refractivity contribution in [2.45, 2.75) is 19.6 Å². The zero-order valence-corrected chi connectivity index (χ0v) is 14.2. The average Bonchev–Trinajstić information content (AvgIpc) is 2.63. The van der Waals surface area contributed by atoms with Gasteiger partial charge in [0, 0.05) is 12.1 Å². The molecular weight excluding hydrogens is 342 g/mol. The van der Waals surface area contributed by atoms with Crippen LogP contribution in [0.4, 0.5) is 5.69 Å². The number of carbonyl (C=O) groups is 1. The van der Waals surface area contributed by atoms with Gasteiger partial charge >= 0.3 is 5.97 Å². The third kappa shape index (κ3) is 6.06. The summed E-state index contributed by atoms with van der Waals surface area (Å²) >= 11 is 0. The van der Waals surface area contributed by atoms with E-state index in [1.807, 2.05) is 0 Å². The number of benzene rings is 2. The minimum atomic E-state index is -0.809. The van der Waals surface area contributed by atoms with Crippen molar-refractivity contribution in [2.75, 3.05) is 13.2 Å². The van der Waals surface area contributed by atoms with Crippen molar-refractivity contribution >= 4 is 11.7 Å². The molecule has 8 nitrogen and oxygen atoms in total. The number of esters is 1. The van der Waals surface area contributed by atoms with Crippen molar-refractivity contribution in [1.82, 2.24) is 0 Å². The highest BCUT2D eigenvalue weighted by Crippen LogP contribution is 2.17. The van der Waals surface area contributed by atoms with Crippen LogP contribution in [0.25, 0.3) is 0 Å². The first-order valence-corrected chi connectivity index (χ1v) is 7.89. The molecule has 0 radical (unpaired) electrons. The third-order valence-electron chi connectivity index (χ3n) is 3.34. The quantitative estimate of drug-likeness (QED) is 0.317. The molecule has 0 bridgehead atoms.